The first-order valence-corrected chi connectivity index (χ1v) is 3.50. The van der Waals surface area contributed by atoms with Crippen molar-refractivity contribution in [1.82, 2.24) is 0 Å². The van der Waals surface area contributed by atoms with E-state index in [-0.39, 0.29) is 6.54 Å². The first kappa shape index (κ1) is 8.24. The molecule has 1 radical (unpaired) electrons. The van der Waals surface area contributed by atoms with Crippen LogP contribution in [0.5, 0.6) is 0 Å². The lowest BCUT2D eigenvalue weighted by Gasteiger charge is -2.20. The second kappa shape index (κ2) is 3.03. The van der Waals surface area contributed by atoms with Gasteiger partial charge < -0.3 is 10.8 Å². The molecular weight excluding hydrogens is 138 g/mol. The fraction of sp³-hybridized carbons (Fsp3) is 0.222. The van der Waals surface area contributed by atoms with E-state index in [4.69, 9.17) is 5.73 Å². The van der Waals surface area contributed by atoms with Crippen LogP contribution in [0.4, 0.5) is 0 Å². The molecule has 2 heteroatoms. The summed E-state index contributed by atoms with van der Waals surface area (Å²) in [6, 6.07) is 9.19. The Morgan fingerprint density at radius 3 is 2.36 bits per heavy atom. The first-order chi connectivity index (χ1) is 5.17. The summed E-state index contributed by atoms with van der Waals surface area (Å²) in [5, 5.41) is 9.56. The summed E-state index contributed by atoms with van der Waals surface area (Å²) in [4.78, 5) is 0. The monoisotopic (exact) mass is 150 g/mol. The van der Waals surface area contributed by atoms with E-state index in [1.807, 2.05) is 18.2 Å². The summed E-state index contributed by atoms with van der Waals surface area (Å²) in [6.07, 6.45) is 0. The zero-order valence-electron chi connectivity index (χ0n) is 6.33. The SMILES string of the molecule is [CH2]C(O)(CN)c1ccccc1. The number of aliphatic hydroxyl groups is 1. The summed E-state index contributed by atoms with van der Waals surface area (Å²) in [5.41, 5.74) is 4.94. The molecule has 59 valence electrons. The van der Waals surface area contributed by atoms with E-state index < -0.39 is 5.60 Å². The second-order valence-corrected chi connectivity index (χ2v) is 2.60. The zero-order chi connectivity index (χ0) is 8.32. The minimum Gasteiger partial charge on any atom is -0.384 e. The van der Waals surface area contributed by atoms with E-state index in [9.17, 15) is 5.11 Å². The fourth-order valence-corrected chi connectivity index (χ4v) is 0.866. The van der Waals surface area contributed by atoms with E-state index in [2.05, 4.69) is 6.92 Å². The number of nitrogens with two attached hydrogens (primary N) is 1. The standard InChI is InChI=1S/C9H12NO/c1-9(11,7-10)8-5-3-2-4-6-8/h2-6,11H,1,7,10H2. The molecule has 0 aromatic heterocycles. The van der Waals surface area contributed by atoms with E-state index >= 15 is 0 Å². The van der Waals surface area contributed by atoms with E-state index in [1.165, 1.54) is 0 Å². The Morgan fingerprint density at radius 2 is 1.91 bits per heavy atom. The highest BCUT2D eigenvalue weighted by Crippen LogP contribution is 2.17. The molecule has 0 aliphatic heterocycles. The van der Waals surface area contributed by atoms with Crippen LogP contribution in [0.15, 0.2) is 30.3 Å². The Balaban J connectivity index is 2.93. The van der Waals surface area contributed by atoms with E-state index in [0.29, 0.717) is 0 Å². The number of rotatable bonds is 2. The largest absolute Gasteiger partial charge is 0.384 e. The van der Waals surface area contributed by atoms with Crippen molar-refractivity contribution in [3.63, 3.8) is 0 Å². The molecule has 0 heterocycles. The van der Waals surface area contributed by atoms with E-state index in [1.54, 1.807) is 12.1 Å². The minimum absolute atomic E-state index is 0.136. The molecule has 3 N–H and O–H groups in total. The van der Waals surface area contributed by atoms with Crippen molar-refractivity contribution in [2.75, 3.05) is 6.54 Å². The van der Waals surface area contributed by atoms with Crippen molar-refractivity contribution < 1.29 is 5.11 Å². The molecule has 0 amide bonds. The van der Waals surface area contributed by atoms with Crippen molar-refractivity contribution in [3.05, 3.63) is 42.8 Å². The van der Waals surface area contributed by atoms with Crippen LogP contribution in [0.1, 0.15) is 5.56 Å². The van der Waals surface area contributed by atoms with Crippen LogP contribution >= 0.6 is 0 Å². The molecule has 0 aliphatic rings. The highest BCUT2D eigenvalue weighted by Gasteiger charge is 2.19. The number of hydrogen-bond donors (Lipinski definition) is 2. The number of hydrogen-bond acceptors (Lipinski definition) is 2. The van der Waals surface area contributed by atoms with Gasteiger partial charge in [-0.2, -0.15) is 0 Å². The van der Waals surface area contributed by atoms with Crippen LogP contribution in [0.3, 0.4) is 0 Å². The van der Waals surface area contributed by atoms with Gasteiger partial charge in [-0.15, -0.1) is 0 Å². The quantitative estimate of drug-likeness (QED) is 0.650. The predicted octanol–water partition coefficient (Wildman–Crippen LogP) is 0.667. The minimum atomic E-state index is -1.14. The third-order valence-electron chi connectivity index (χ3n) is 1.65. The van der Waals surface area contributed by atoms with Gasteiger partial charge in [-0.1, -0.05) is 30.3 Å². The van der Waals surface area contributed by atoms with Crippen molar-refractivity contribution in [3.8, 4) is 0 Å². The molecule has 1 aromatic rings. The van der Waals surface area contributed by atoms with Gasteiger partial charge in [-0.25, -0.2) is 0 Å². The van der Waals surface area contributed by atoms with Crippen LogP contribution in [-0.2, 0) is 5.60 Å². The Morgan fingerprint density at radius 1 is 1.36 bits per heavy atom. The molecule has 2 nitrogen and oxygen atoms in total. The van der Waals surface area contributed by atoms with Gasteiger partial charge in [0.25, 0.3) is 0 Å². The van der Waals surface area contributed by atoms with Crippen LogP contribution in [-0.4, -0.2) is 11.7 Å². The maximum absolute atomic E-state index is 9.56. The molecular formula is C9H12NO. The van der Waals surface area contributed by atoms with Gasteiger partial charge in [-0.05, 0) is 12.5 Å². The molecule has 1 atom stereocenters. The van der Waals surface area contributed by atoms with Crippen molar-refractivity contribution >= 4 is 0 Å². The fourth-order valence-electron chi connectivity index (χ4n) is 0.866. The lowest BCUT2D eigenvalue weighted by Crippen LogP contribution is -2.31. The van der Waals surface area contributed by atoms with Gasteiger partial charge in [0.1, 0.15) is 5.60 Å². The first-order valence-electron chi connectivity index (χ1n) is 3.50. The van der Waals surface area contributed by atoms with Crippen LogP contribution < -0.4 is 5.73 Å². The molecule has 11 heavy (non-hydrogen) atoms. The molecule has 0 saturated carbocycles. The smallest absolute Gasteiger partial charge is 0.102 e. The van der Waals surface area contributed by atoms with Crippen molar-refractivity contribution in [1.29, 1.82) is 0 Å². The molecule has 0 bridgehead atoms. The molecule has 0 aliphatic carbocycles. The van der Waals surface area contributed by atoms with E-state index in [0.717, 1.165) is 5.56 Å². The molecule has 1 rings (SSSR count). The average Bonchev–Trinajstić information content (AvgIpc) is 2.06. The third-order valence-corrected chi connectivity index (χ3v) is 1.65. The lowest BCUT2D eigenvalue weighted by atomic mass is 9.97. The maximum atomic E-state index is 9.56. The maximum Gasteiger partial charge on any atom is 0.102 e. The summed E-state index contributed by atoms with van der Waals surface area (Å²) in [5.74, 6) is 0. The van der Waals surface area contributed by atoms with Gasteiger partial charge in [-0.3, -0.25) is 0 Å². The summed E-state index contributed by atoms with van der Waals surface area (Å²) in [6.45, 7) is 3.73. The predicted molar refractivity (Wildman–Crippen MR) is 44.8 cm³/mol. The van der Waals surface area contributed by atoms with Crippen LogP contribution in [0.2, 0.25) is 0 Å². The average molecular weight is 150 g/mol. The molecule has 1 unspecified atom stereocenters. The van der Waals surface area contributed by atoms with Gasteiger partial charge >= 0.3 is 0 Å². The third kappa shape index (κ3) is 1.79. The van der Waals surface area contributed by atoms with Gasteiger partial charge in [0.2, 0.25) is 0 Å². The molecule has 0 fully saturated rings. The Bertz CT molecular complexity index is 218. The number of benzene rings is 1. The summed E-state index contributed by atoms with van der Waals surface area (Å²) < 4.78 is 0. The van der Waals surface area contributed by atoms with Crippen LogP contribution in [0, 0.1) is 6.92 Å². The van der Waals surface area contributed by atoms with Gasteiger partial charge in [0, 0.05) is 6.54 Å². The summed E-state index contributed by atoms with van der Waals surface area (Å²) >= 11 is 0. The zero-order valence-corrected chi connectivity index (χ0v) is 6.33. The second-order valence-electron chi connectivity index (χ2n) is 2.60. The van der Waals surface area contributed by atoms with Crippen molar-refractivity contribution in [2.24, 2.45) is 5.73 Å². The Labute approximate surface area is 66.7 Å². The lowest BCUT2D eigenvalue weighted by molar-refractivity contribution is 0.0958. The highest BCUT2D eigenvalue weighted by atomic mass is 16.3. The molecule has 0 saturated heterocycles. The summed E-state index contributed by atoms with van der Waals surface area (Å²) in [7, 11) is 0. The molecule has 0 spiro atoms. The Hall–Kier alpha value is -0.860. The van der Waals surface area contributed by atoms with Crippen molar-refractivity contribution in [2.45, 2.75) is 5.60 Å². The topological polar surface area (TPSA) is 46.2 Å². The van der Waals surface area contributed by atoms with Gasteiger partial charge in [0.05, 0.1) is 0 Å². The Kier molecular flexibility index (Phi) is 2.27. The molecule has 1 aromatic carbocycles. The van der Waals surface area contributed by atoms with Crippen LogP contribution in [0.25, 0.3) is 0 Å². The van der Waals surface area contributed by atoms with Gasteiger partial charge in [0.15, 0.2) is 0 Å². The highest BCUT2D eigenvalue weighted by molar-refractivity contribution is 5.23. The normalized spacial score (nSPS) is 15.9.